The minimum absolute atomic E-state index is 0.162. The van der Waals surface area contributed by atoms with Crippen LogP contribution in [0, 0.1) is 5.92 Å². The summed E-state index contributed by atoms with van der Waals surface area (Å²) in [7, 11) is 0. The summed E-state index contributed by atoms with van der Waals surface area (Å²) in [5, 5.41) is 12.9. The van der Waals surface area contributed by atoms with Crippen LogP contribution in [-0.4, -0.2) is 28.2 Å². The number of carbonyl (C=O) groups excluding carboxylic acids is 1. The minimum Gasteiger partial charge on any atom is -0.449 e. The number of esters is 1. The maximum Gasteiger partial charge on any atom is 0.312 e. The molecule has 1 aliphatic heterocycles. The van der Waals surface area contributed by atoms with E-state index in [4.69, 9.17) is 16.3 Å². The van der Waals surface area contributed by atoms with E-state index in [0.29, 0.717) is 6.42 Å². The molecule has 0 aromatic heterocycles. The summed E-state index contributed by atoms with van der Waals surface area (Å²) >= 11 is 5.34. The lowest BCUT2D eigenvalue weighted by Gasteiger charge is -2.32. The van der Waals surface area contributed by atoms with Gasteiger partial charge in [-0.2, -0.15) is 0 Å². The average Bonchev–Trinajstić information content (AvgIpc) is 2.27. The minimum atomic E-state index is -0.730. The third-order valence-electron chi connectivity index (χ3n) is 3.11. The maximum atomic E-state index is 11.9. The lowest BCUT2D eigenvalue weighted by Crippen LogP contribution is -2.47. The highest BCUT2D eigenvalue weighted by Crippen LogP contribution is 2.44. The lowest BCUT2D eigenvalue weighted by atomic mass is 9.87. The van der Waals surface area contributed by atoms with Gasteiger partial charge < -0.3 is 4.74 Å². The molecule has 0 saturated carbocycles. The monoisotopic (exact) mass is 234 g/mol. The SMILES string of the molecule is CC1(C)CC(C(=O)OCCl)C(C)(C)N1[O]. The standard InChI is InChI=1S/C10H17ClNO3/c1-9(2)5-7(8(13)15-6-11)10(3,4)12(9)14/h7H,5-6H2,1-4H3. The van der Waals surface area contributed by atoms with E-state index in [0.717, 1.165) is 5.06 Å². The Morgan fingerprint density at radius 2 is 2.00 bits per heavy atom. The van der Waals surface area contributed by atoms with Crippen LogP contribution >= 0.6 is 11.6 Å². The summed E-state index contributed by atoms with van der Waals surface area (Å²) < 4.78 is 4.76. The van der Waals surface area contributed by atoms with Crippen LogP contribution in [0.2, 0.25) is 0 Å². The Morgan fingerprint density at radius 1 is 1.47 bits per heavy atom. The first kappa shape index (κ1) is 12.7. The van der Waals surface area contributed by atoms with Gasteiger partial charge in [-0.3, -0.25) is 4.79 Å². The second-order valence-electron chi connectivity index (χ2n) is 5.09. The molecule has 0 amide bonds. The number of hydrogen-bond donors (Lipinski definition) is 0. The molecule has 1 heterocycles. The first-order valence-electron chi connectivity index (χ1n) is 4.93. The molecule has 1 atom stereocenters. The van der Waals surface area contributed by atoms with Crippen LogP contribution < -0.4 is 0 Å². The number of alkyl halides is 1. The molecular weight excluding hydrogens is 218 g/mol. The molecule has 15 heavy (non-hydrogen) atoms. The molecule has 5 heteroatoms. The quantitative estimate of drug-likeness (QED) is 0.542. The molecule has 1 fully saturated rings. The first-order valence-corrected chi connectivity index (χ1v) is 5.47. The third kappa shape index (κ3) is 2.12. The molecule has 1 radical (unpaired) electrons. The van der Waals surface area contributed by atoms with Crippen molar-refractivity contribution in [3.63, 3.8) is 0 Å². The van der Waals surface area contributed by atoms with Gasteiger partial charge in [-0.15, -0.1) is 10.3 Å². The lowest BCUT2D eigenvalue weighted by molar-refractivity contribution is -0.248. The number of rotatable bonds is 2. The summed E-state index contributed by atoms with van der Waals surface area (Å²) in [5.74, 6) is -0.801. The average molecular weight is 235 g/mol. The Hall–Kier alpha value is -0.320. The first-order chi connectivity index (χ1) is 6.73. The Labute approximate surface area is 95.1 Å². The second-order valence-corrected chi connectivity index (χ2v) is 5.31. The molecule has 1 rings (SSSR count). The van der Waals surface area contributed by atoms with Crippen molar-refractivity contribution < 1.29 is 14.7 Å². The summed E-state index contributed by atoms with van der Waals surface area (Å²) in [6, 6.07) is -0.162. The zero-order valence-corrected chi connectivity index (χ0v) is 10.3. The van der Waals surface area contributed by atoms with Crippen molar-refractivity contribution in [3.8, 4) is 0 Å². The van der Waals surface area contributed by atoms with Crippen molar-refractivity contribution in [2.45, 2.75) is 45.2 Å². The van der Waals surface area contributed by atoms with Gasteiger partial charge in [0.1, 0.15) is 0 Å². The highest BCUT2D eigenvalue weighted by molar-refractivity contribution is 6.17. The molecule has 1 saturated heterocycles. The van der Waals surface area contributed by atoms with Crippen LogP contribution in [-0.2, 0) is 14.7 Å². The molecule has 0 aromatic carbocycles. The summed E-state index contributed by atoms with van der Waals surface area (Å²) in [6.07, 6.45) is 0.499. The van der Waals surface area contributed by atoms with E-state index in [1.807, 2.05) is 13.8 Å². The predicted octanol–water partition coefficient (Wildman–Crippen LogP) is 1.95. The number of hydroxylamine groups is 2. The Kier molecular flexibility index (Phi) is 3.33. The molecule has 1 aliphatic rings. The van der Waals surface area contributed by atoms with E-state index in [1.165, 1.54) is 0 Å². The van der Waals surface area contributed by atoms with Crippen LogP contribution in [0.15, 0.2) is 0 Å². The topological polar surface area (TPSA) is 49.4 Å². The van der Waals surface area contributed by atoms with Crippen molar-refractivity contribution in [1.82, 2.24) is 5.06 Å². The molecule has 0 aliphatic carbocycles. The van der Waals surface area contributed by atoms with Gasteiger partial charge in [-0.1, -0.05) is 11.6 Å². The number of hydrogen-bond acceptors (Lipinski definition) is 3. The number of carbonyl (C=O) groups is 1. The number of ether oxygens (including phenoxy) is 1. The molecular formula is C10H17ClNO3. The van der Waals surface area contributed by atoms with Crippen LogP contribution in [0.25, 0.3) is 0 Å². The van der Waals surface area contributed by atoms with Crippen molar-refractivity contribution in [2.75, 3.05) is 6.07 Å². The zero-order chi connectivity index (χ0) is 11.9. The molecule has 0 aromatic rings. The van der Waals surface area contributed by atoms with Crippen LogP contribution in [0.3, 0.4) is 0 Å². The van der Waals surface area contributed by atoms with Gasteiger partial charge in [0.05, 0.1) is 11.5 Å². The fourth-order valence-electron chi connectivity index (χ4n) is 2.28. The van der Waals surface area contributed by atoms with E-state index in [9.17, 15) is 10.0 Å². The van der Waals surface area contributed by atoms with Crippen molar-refractivity contribution >= 4 is 17.6 Å². The van der Waals surface area contributed by atoms with E-state index < -0.39 is 17.0 Å². The zero-order valence-electron chi connectivity index (χ0n) is 9.54. The van der Waals surface area contributed by atoms with E-state index in [1.54, 1.807) is 13.8 Å². The van der Waals surface area contributed by atoms with Crippen molar-refractivity contribution in [2.24, 2.45) is 5.92 Å². The van der Waals surface area contributed by atoms with Gasteiger partial charge >= 0.3 is 5.97 Å². The smallest absolute Gasteiger partial charge is 0.312 e. The van der Waals surface area contributed by atoms with Crippen LogP contribution in [0.5, 0.6) is 0 Å². The van der Waals surface area contributed by atoms with Crippen LogP contribution in [0.1, 0.15) is 34.1 Å². The molecule has 4 nitrogen and oxygen atoms in total. The van der Waals surface area contributed by atoms with E-state index >= 15 is 0 Å². The third-order valence-corrected chi connectivity index (χ3v) is 3.22. The molecule has 0 spiro atoms. The van der Waals surface area contributed by atoms with Gasteiger partial charge in [0.25, 0.3) is 0 Å². The number of halogens is 1. The largest absolute Gasteiger partial charge is 0.449 e. The van der Waals surface area contributed by atoms with Crippen LogP contribution in [0.4, 0.5) is 0 Å². The second kappa shape index (κ2) is 3.92. The highest BCUT2D eigenvalue weighted by atomic mass is 35.5. The Bertz CT molecular complexity index is 265. The fourth-order valence-corrected chi connectivity index (χ4v) is 2.39. The fraction of sp³-hybridized carbons (Fsp3) is 0.900. The molecule has 0 bridgehead atoms. The predicted molar refractivity (Wildman–Crippen MR) is 55.6 cm³/mol. The molecule has 87 valence electrons. The Morgan fingerprint density at radius 3 is 2.33 bits per heavy atom. The summed E-state index contributed by atoms with van der Waals surface area (Å²) in [6.45, 7) is 7.18. The van der Waals surface area contributed by atoms with E-state index in [2.05, 4.69) is 0 Å². The summed E-state index contributed by atoms with van der Waals surface area (Å²) in [4.78, 5) is 11.6. The van der Waals surface area contributed by atoms with Gasteiger partial charge in [-0.25, -0.2) is 0 Å². The van der Waals surface area contributed by atoms with E-state index in [-0.39, 0.29) is 12.0 Å². The highest BCUT2D eigenvalue weighted by Gasteiger charge is 2.55. The van der Waals surface area contributed by atoms with Gasteiger partial charge in [-0.05, 0) is 34.1 Å². The maximum absolute atomic E-state index is 11.9. The molecule has 1 unspecified atom stereocenters. The van der Waals surface area contributed by atoms with Crippen molar-refractivity contribution in [3.05, 3.63) is 0 Å². The van der Waals surface area contributed by atoms with Gasteiger partial charge in [0.2, 0.25) is 0 Å². The molecule has 0 N–H and O–H groups in total. The van der Waals surface area contributed by atoms with Crippen molar-refractivity contribution in [1.29, 1.82) is 0 Å². The normalized spacial score (nSPS) is 29.1. The van der Waals surface area contributed by atoms with Gasteiger partial charge in [0.15, 0.2) is 6.07 Å². The Balaban J connectivity index is 2.89. The number of nitrogens with zero attached hydrogens (tertiary/aromatic N) is 1. The van der Waals surface area contributed by atoms with Gasteiger partial charge in [0, 0.05) is 5.54 Å². The summed E-state index contributed by atoms with van der Waals surface area (Å²) in [5.41, 5.74) is -1.26.